The third-order valence-electron chi connectivity index (χ3n) is 5.50. The highest BCUT2D eigenvalue weighted by Crippen LogP contribution is 2.19. The third-order valence-corrected chi connectivity index (χ3v) is 5.90. The maximum Gasteiger partial charge on any atom is 0.253 e. The highest BCUT2D eigenvalue weighted by atomic mass is 32.1. The smallest absolute Gasteiger partial charge is 0.253 e. The first kappa shape index (κ1) is 21.8. The van der Waals surface area contributed by atoms with Gasteiger partial charge in [0, 0.05) is 23.0 Å². The highest BCUT2D eigenvalue weighted by Gasteiger charge is 2.15. The molecule has 0 saturated heterocycles. The number of pyridine rings is 1. The van der Waals surface area contributed by atoms with Gasteiger partial charge in [-0.15, -0.1) is 0 Å². The fourth-order valence-corrected chi connectivity index (χ4v) is 4.13. The average molecular weight is 446 g/mol. The lowest BCUT2D eigenvalue weighted by Gasteiger charge is -2.25. The first-order valence-electron chi connectivity index (χ1n) is 10.7. The minimum absolute atomic E-state index is 0.0981. The average Bonchev–Trinajstić information content (AvgIpc) is 3.28. The minimum Gasteiger partial charge on any atom is -0.467 e. The number of fused-ring (bicyclic) bond motifs is 1. The highest BCUT2D eigenvalue weighted by molar-refractivity contribution is 7.80. The number of aryl methyl sites for hydroxylation is 2. The number of furan rings is 1. The zero-order chi connectivity index (χ0) is 22.5. The van der Waals surface area contributed by atoms with Crippen molar-refractivity contribution in [2.45, 2.75) is 33.4 Å². The van der Waals surface area contributed by atoms with Crippen LogP contribution in [-0.4, -0.2) is 21.5 Å². The molecular weight excluding hydrogens is 418 g/mol. The summed E-state index contributed by atoms with van der Waals surface area (Å²) in [5.74, 6) is 0.793. The summed E-state index contributed by atoms with van der Waals surface area (Å²) in [5, 5.41) is 4.99. The van der Waals surface area contributed by atoms with Gasteiger partial charge in [-0.1, -0.05) is 36.4 Å². The Morgan fingerprint density at radius 2 is 1.88 bits per heavy atom. The number of aromatic nitrogens is 1. The monoisotopic (exact) mass is 445 g/mol. The normalized spacial score (nSPS) is 10.9. The fourth-order valence-electron chi connectivity index (χ4n) is 3.90. The number of aromatic amines is 1. The molecule has 0 bridgehead atoms. The number of thiocarbonyl (C=S) groups is 1. The second-order valence-electron chi connectivity index (χ2n) is 8.07. The van der Waals surface area contributed by atoms with Gasteiger partial charge in [-0.05, 0) is 73.4 Å². The molecular formula is C26H27N3O2S. The molecule has 164 valence electrons. The van der Waals surface area contributed by atoms with Gasteiger partial charge in [0.15, 0.2) is 5.11 Å². The van der Waals surface area contributed by atoms with Gasteiger partial charge in [-0.3, -0.25) is 4.79 Å². The Balaban J connectivity index is 1.54. The van der Waals surface area contributed by atoms with E-state index in [9.17, 15) is 4.79 Å². The molecule has 0 fully saturated rings. The van der Waals surface area contributed by atoms with Crippen LogP contribution in [0.1, 0.15) is 28.0 Å². The molecule has 32 heavy (non-hydrogen) atoms. The quantitative estimate of drug-likeness (QED) is 0.398. The molecule has 0 aliphatic heterocycles. The van der Waals surface area contributed by atoms with E-state index in [0.29, 0.717) is 30.3 Å². The van der Waals surface area contributed by atoms with Crippen molar-refractivity contribution in [2.75, 3.05) is 6.54 Å². The fraction of sp³-hybridized carbons (Fsp3) is 0.231. The van der Waals surface area contributed by atoms with Crippen molar-refractivity contribution in [1.29, 1.82) is 0 Å². The molecule has 0 spiro atoms. The summed E-state index contributed by atoms with van der Waals surface area (Å²) in [7, 11) is 0. The molecule has 4 aromatic rings. The maximum absolute atomic E-state index is 12.8. The Morgan fingerprint density at radius 1 is 1.06 bits per heavy atom. The van der Waals surface area contributed by atoms with Crippen LogP contribution in [0.5, 0.6) is 0 Å². The minimum atomic E-state index is -0.0981. The lowest BCUT2D eigenvalue weighted by atomic mass is 10.0. The molecule has 0 amide bonds. The van der Waals surface area contributed by atoms with E-state index >= 15 is 0 Å². The van der Waals surface area contributed by atoms with E-state index < -0.39 is 0 Å². The summed E-state index contributed by atoms with van der Waals surface area (Å²) in [6.07, 6.45) is 2.51. The van der Waals surface area contributed by atoms with E-state index in [2.05, 4.69) is 35.4 Å². The molecule has 0 aliphatic carbocycles. The topological polar surface area (TPSA) is 61.3 Å². The predicted molar refractivity (Wildman–Crippen MR) is 133 cm³/mol. The van der Waals surface area contributed by atoms with Crippen molar-refractivity contribution in [1.82, 2.24) is 15.2 Å². The Bertz CT molecular complexity index is 1260. The number of hydrogen-bond acceptors (Lipinski definition) is 3. The number of H-pyrrole nitrogens is 1. The van der Waals surface area contributed by atoms with Crippen LogP contribution >= 0.6 is 12.2 Å². The first-order valence-corrected chi connectivity index (χ1v) is 11.1. The third kappa shape index (κ3) is 5.26. The second-order valence-corrected chi connectivity index (χ2v) is 8.46. The van der Waals surface area contributed by atoms with E-state index in [-0.39, 0.29) is 5.56 Å². The van der Waals surface area contributed by atoms with Crippen LogP contribution in [0, 0.1) is 13.8 Å². The largest absolute Gasteiger partial charge is 0.467 e. The number of nitrogens with one attached hydrogen (secondary N) is 2. The molecule has 0 saturated carbocycles. The second kappa shape index (κ2) is 9.83. The van der Waals surface area contributed by atoms with Gasteiger partial charge in [0.25, 0.3) is 5.56 Å². The molecule has 2 aromatic carbocycles. The molecule has 0 atom stereocenters. The van der Waals surface area contributed by atoms with Gasteiger partial charge in [-0.25, -0.2) is 0 Å². The van der Waals surface area contributed by atoms with Gasteiger partial charge >= 0.3 is 0 Å². The summed E-state index contributed by atoms with van der Waals surface area (Å²) >= 11 is 5.71. The van der Waals surface area contributed by atoms with Crippen LogP contribution < -0.4 is 10.9 Å². The molecule has 6 heteroatoms. The molecule has 2 aromatic heterocycles. The first-order chi connectivity index (χ1) is 15.5. The van der Waals surface area contributed by atoms with Crippen molar-refractivity contribution in [2.24, 2.45) is 0 Å². The van der Waals surface area contributed by atoms with Gasteiger partial charge in [0.2, 0.25) is 0 Å². The molecule has 0 unspecified atom stereocenters. The molecule has 2 N–H and O–H groups in total. The summed E-state index contributed by atoms with van der Waals surface area (Å²) in [6.45, 7) is 5.67. The zero-order valence-corrected chi connectivity index (χ0v) is 19.2. The Labute approximate surface area is 193 Å². The van der Waals surface area contributed by atoms with Gasteiger partial charge in [0.1, 0.15) is 5.76 Å². The van der Waals surface area contributed by atoms with Crippen LogP contribution in [-0.2, 0) is 19.5 Å². The Kier molecular flexibility index (Phi) is 6.71. The number of benzene rings is 2. The van der Waals surface area contributed by atoms with Crippen LogP contribution in [0.2, 0.25) is 0 Å². The van der Waals surface area contributed by atoms with Crippen molar-refractivity contribution in [3.8, 4) is 0 Å². The lowest BCUT2D eigenvalue weighted by Crippen LogP contribution is -2.40. The summed E-state index contributed by atoms with van der Waals surface area (Å²) in [4.78, 5) is 17.9. The SMILES string of the molecule is Cc1cc(C)c2cc(CN(Cc3ccco3)C(=S)NCCc3ccccc3)c(=O)[nH]c2c1. The van der Waals surface area contributed by atoms with Crippen LogP contribution in [0.25, 0.3) is 10.9 Å². The summed E-state index contributed by atoms with van der Waals surface area (Å²) in [6, 6.07) is 20.2. The van der Waals surface area contributed by atoms with Crippen LogP contribution in [0.15, 0.2) is 76.1 Å². The Morgan fingerprint density at radius 3 is 2.62 bits per heavy atom. The van der Waals surface area contributed by atoms with Crippen LogP contribution in [0.4, 0.5) is 0 Å². The Hall–Kier alpha value is -3.38. The van der Waals surface area contributed by atoms with E-state index in [1.54, 1.807) is 6.26 Å². The van der Waals surface area contributed by atoms with Gasteiger partial charge in [-0.2, -0.15) is 0 Å². The maximum atomic E-state index is 12.8. The van der Waals surface area contributed by atoms with Crippen molar-refractivity contribution in [3.05, 3.63) is 105 Å². The zero-order valence-electron chi connectivity index (χ0n) is 18.4. The molecule has 0 radical (unpaired) electrons. The van der Waals surface area contributed by atoms with E-state index in [0.717, 1.165) is 34.2 Å². The number of rotatable bonds is 7. The van der Waals surface area contributed by atoms with Crippen molar-refractivity contribution >= 4 is 28.2 Å². The number of nitrogens with zero attached hydrogens (tertiary/aromatic N) is 1. The number of hydrogen-bond donors (Lipinski definition) is 2. The molecule has 5 nitrogen and oxygen atoms in total. The van der Waals surface area contributed by atoms with E-state index in [4.69, 9.17) is 16.6 Å². The summed E-state index contributed by atoms with van der Waals surface area (Å²) in [5.41, 5.74) is 4.94. The molecule has 2 heterocycles. The van der Waals surface area contributed by atoms with E-state index in [1.165, 1.54) is 5.56 Å². The standard InChI is InChI=1S/C26H27N3O2S/c1-18-13-19(2)23-15-21(25(30)28-24(23)14-18)16-29(17-22-9-6-12-31-22)26(32)27-11-10-20-7-4-3-5-8-20/h3-9,12-15H,10-11,16-17H2,1-2H3,(H,27,32)(H,28,30). The van der Waals surface area contributed by atoms with Crippen LogP contribution in [0.3, 0.4) is 0 Å². The predicted octanol–water partition coefficient (Wildman–Crippen LogP) is 4.86. The molecule has 4 rings (SSSR count). The summed E-state index contributed by atoms with van der Waals surface area (Å²) < 4.78 is 5.54. The van der Waals surface area contributed by atoms with E-state index in [1.807, 2.05) is 54.3 Å². The molecule has 0 aliphatic rings. The van der Waals surface area contributed by atoms with Crippen molar-refractivity contribution < 1.29 is 4.42 Å². The van der Waals surface area contributed by atoms with Gasteiger partial charge < -0.3 is 19.6 Å². The van der Waals surface area contributed by atoms with Crippen molar-refractivity contribution in [3.63, 3.8) is 0 Å². The lowest BCUT2D eigenvalue weighted by molar-refractivity contribution is 0.350. The van der Waals surface area contributed by atoms with Gasteiger partial charge in [0.05, 0.1) is 19.4 Å².